The molecule has 1 saturated carbocycles. The predicted molar refractivity (Wildman–Crippen MR) is 70.0 cm³/mol. The van der Waals surface area contributed by atoms with Crippen molar-refractivity contribution in [3.8, 4) is 0 Å². The summed E-state index contributed by atoms with van der Waals surface area (Å²) in [5.74, 6) is 0. The van der Waals surface area contributed by atoms with Gasteiger partial charge in [0.1, 0.15) is 0 Å². The van der Waals surface area contributed by atoms with Crippen molar-refractivity contribution in [2.75, 3.05) is 6.54 Å². The Morgan fingerprint density at radius 3 is 2.44 bits per heavy atom. The third-order valence-corrected chi connectivity index (χ3v) is 3.59. The number of hydrogen-bond acceptors (Lipinski definition) is 1. The molecule has 1 fully saturated rings. The van der Waals surface area contributed by atoms with Gasteiger partial charge in [0.15, 0.2) is 0 Å². The van der Waals surface area contributed by atoms with Crippen LogP contribution in [0.15, 0.2) is 12.1 Å². The van der Waals surface area contributed by atoms with E-state index in [4.69, 9.17) is 0 Å². The van der Waals surface area contributed by atoms with E-state index in [0.29, 0.717) is 0 Å². The molecule has 0 bridgehead atoms. The molecule has 1 aromatic rings. The van der Waals surface area contributed by atoms with Crippen LogP contribution in [0.4, 0.5) is 0 Å². The topological polar surface area (TPSA) is 12.0 Å². The van der Waals surface area contributed by atoms with Crippen LogP contribution in [-0.4, -0.2) is 12.6 Å². The second-order valence-corrected chi connectivity index (χ2v) is 5.19. The van der Waals surface area contributed by atoms with Crippen molar-refractivity contribution in [2.24, 2.45) is 0 Å². The molecule has 0 aliphatic heterocycles. The first-order valence-electron chi connectivity index (χ1n) is 6.47. The molecule has 1 N–H and O–H groups in total. The van der Waals surface area contributed by atoms with Gasteiger partial charge in [-0.05, 0) is 75.3 Å². The zero-order chi connectivity index (χ0) is 11.5. The van der Waals surface area contributed by atoms with Gasteiger partial charge in [-0.2, -0.15) is 0 Å². The number of benzene rings is 1. The normalized spacial score (nSPS) is 15.4. The summed E-state index contributed by atoms with van der Waals surface area (Å²) in [6.45, 7) is 7.81. The van der Waals surface area contributed by atoms with Crippen LogP contribution >= 0.6 is 0 Å². The Bertz CT molecular complexity index is 364. The Kier molecular flexibility index (Phi) is 3.65. The zero-order valence-electron chi connectivity index (χ0n) is 10.8. The van der Waals surface area contributed by atoms with Gasteiger partial charge in [-0.1, -0.05) is 12.1 Å². The first-order chi connectivity index (χ1) is 7.66. The minimum Gasteiger partial charge on any atom is -0.314 e. The van der Waals surface area contributed by atoms with Gasteiger partial charge in [-0.3, -0.25) is 0 Å². The fourth-order valence-electron chi connectivity index (χ4n) is 2.16. The summed E-state index contributed by atoms with van der Waals surface area (Å²) in [7, 11) is 0. The predicted octanol–water partition coefficient (Wildman–Crippen LogP) is 3.30. The summed E-state index contributed by atoms with van der Waals surface area (Å²) in [4.78, 5) is 0. The fourth-order valence-corrected chi connectivity index (χ4v) is 2.16. The molecule has 1 heteroatoms. The zero-order valence-corrected chi connectivity index (χ0v) is 10.8. The standard InChI is InChI=1S/C15H23N/c1-11-9-13(3)14(10-12(11)2)5-4-8-16-15-6-7-15/h9-10,15-16H,4-8H2,1-3H3. The molecule has 0 amide bonds. The van der Waals surface area contributed by atoms with E-state index in [2.05, 4.69) is 38.2 Å². The highest BCUT2D eigenvalue weighted by Crippen LogP contribution is 2.19. The van der Waals surface area contributed by atoms with Crippen molar-refractivity contribution < 1.29 is 0 Å². The molecular weight excluding hydrogens is 194 g/mol. The minimum atomic E-state index is 0.848. The molecule has 0 saturated heterocycles. The van der Waals surface area contributed by atoms with Gasteiger partial charge in [-0.15, -0.1) is 0 Å². The summed E-state index contributed by atoms with van der Waals surface area (Å²) in [6, 6.07) is 5.53. The third-order valence-electron chi connectivity index (χ3n) is 3.59. The van der Waals surface area contributed by atoms with Crippen molar-refractivity contribution in [2.45, 2.75) is 52.5 Å². The van der Waals surface area contributed by atoms with Gasteiger partial charge < -0.3 is 5.32 Å². The lowest BCUT2D eigenvalue weighted by Crippen LogP contribution is -2.18. The van der Waals surface area contributed by atoms with Crippen molar-refractivity contribution in [1.82, 2.24) is 5.32 Å². The Labute approximate surface area is 99.3 Å². The van der Waals surface area contributed by atoms with Crippen molar-refractivity contribution in [1.29, 1.82) is 0 Å². The SMILES string of the molecule is Cc1cc(C)c(CCCNC2CC2)cc1C. The van der Waals surface area contributed by atoms with E-state index in [0.717, 1.165) is 6.04 Å². The Morgan fingerprint density at radius 1 is 1.06 bits per heavy atom. The molecule has 0 atom stereocenters. The fraction of sp³-hybridized carbons (Fsp3) is 0.600. The third kappa shape index (κ3) is 3.08. The average molecular weight is 217 g/mol. The molecule has 0 spiro atoms. The maximum Gasteiger partial charge on any atom is 0.00682 e. The van der Waals surface area contributed by atoms with Gasteiger partial charge >= 0.3 is 0 Å². The molecule has 0 heterocycles. The van der Waals surface area contributed by atoms with E-state index < -0.39 is 0 Å². The highest BCUT2D eigenvalue weighted by Gasteiger charge is 2.19. The number of rotatable bonds is 5. The van der Waals surface area contributed by atoms with Crippen LogP contribution < -0.4 is 5.32 Å². The largest absolute Gasteiger partial charge is 0.314 e. The molecule has 2 rings (SSSR count). The molecule has 1 aromatic carbocycles. The lowest BCUT2D eigenvalue weighted by molar-refractivity contribution is 0.644. The Morgan fingerprint density at radius 2 is 1.75 bits per heavy atom. The van der Waals surface area contributed by atoms with Gasteiger partial charge in [0, 0.05) is 6.04 Å². The Balaban J connectivity index is 1.85. The van der Waals surface area contributed by atoms with E-state index in [9.17, 15) is 0 Å². The Hall–Kier alpha value is -0.820. The summed E-state index contributed by atoms with van der Waals surface area (Å²) >= 11 is 0. The van der Waals surface area contributed by atoms with Crippen LogP contribution in [0.1, 0.15) is 41.5 Å². The second kappa shape index (κ2) is 5.01. The minimum absolute atomic E-state index is 0.848. The maximum absolute atomic E-state index is 3.57. The van der Waals surface area contributed by atoms with Gasteiger partial charge in [0.25, 0.3) is 0 Å². The first-order valence-corrected chi connectivity index (χ1v) is 6.47. The molecule has 0 radical (unpaired) electrons. The number of aryl methyl sites for hydroxylation is 4. The quantitative estimate of drug-likeness (QED) is 0.746. The first kappa shape index (κ1) is 11.7. The molecule has 0 aromatic heterocycles. The van der Waals surface area contributed by atoms with Crippen molar-refractivity contribution in [3.63, 3.8) is 0 Å². The maximum atomic E-state index is 3.57. The lowest BCUT2D eigenvalue weighted by atomic mass is 9.98. The van der Waals surface area contributed by atoms with E-state index in [1.807, 2.05) is 0 Å². The average Bonchev–Trinajstić information content (AvgIpc) is 3.04. The van der Waals surface area contributed by atoms with Crippen LogP contribution in [0, 0.1) is 20.8 Å². The summed E-state index contributed by atoms with van der Waals surface area (Å²) < 4.78 is 0. The van der Waals surface area contributed by atoms with Crippen LogP contribution in [0.3, 0.4) is 0 Å². The van der Waals surface area contributed by atoms with E-state index in [1.165, 1.54) is 54.5 Å². The second-order valence-electron chi connectivity index (χ2n) is 5.19. The van der Waals surface area contributed by atoms with Crippen molar-refractivity contribution in [3.05, 3.63) is 34.4 Å². The highest BCUT2D eigenvalue weighted by atomic mass is 14.9. The smallest absolute Gasteiger partial charge is 0.00682 e. The van der Waals surface area contributed by atoms with Gasteiger partial charge in [0.2, 0.25) is 0 Å². The molecular formula is C15H23N. The lowest BCUT2D eigenvalue weighted by Gasteiger charge is -2.10. The molecule has 88 valence electrons. The highest BCUT2D eigenvalue weighted by molar-refractivity contribution is 5.36. The van der Waals surface area contributed by atoms with Gasteiger partial charge in [-0.25, -0.2) is 0 Å². The number of hydrogen-bond donors (Lipinski definition) is 1. The van der Waals surface area contributed by atoms with E-state index in [1.54, 1.807) is 0 Å². The molecule has 1 nitrogen and oxygen atoms in total. The van der Waals surface area contributed by atoms with Crippen LogP contribution in [-0.2, 0) is 6.42 Å². The molecule has 0 unspecified atom stereocenters. The van der Waals surface area contributed by atoms with Crippen LogP contribution in [0.5, 0.6) is 0 Å². The molecule has 1 aliphatic carbocycles. The molecule has 16 heavy (non-hydrogen) atoms. The van der Waals surface area contributed by atoms with E-state index >= 15 is 0 Å². The monoisotopic (exact) mass is 217 g/mol. The van der Waals surface area contributed by atoms with Crippen LogP contribution in [0.25, 0.3) is 0 Å². The van der Waals surface area contributed by atoms with E-state index in [-0.39, 0.29) is 0 Å². The summed E-state index contributed by atoms with van der Waals surface area (Å²) in [5, 5.41) is 3.57. The van der Waals surface area contributed by atoms with Crippen LogP contribution in [0.2, 0.25) is 0 Å². The number of nitrogens with one attached hydrogen (secondary N) is 1. The van der Waals surface area contributed by atoms with Gasteiger partial charge in [0.05, 0.1) is 0 Å². The summed E-state index contributed by atoms with van der Waals surface area (Å²) in [6.07, 6.45) is 5.26. The molecule has 1 aliphatic rings. The summed E-state index contributed by atoms with van der Waals surface area (Å²) in [5.41, 5.74) is 5.82. The van der Waals surface area contributed by atoms with Crippen molar-refractivity contribution >= 4 is 0 Å².